The van der Waals surface area contributed by atoms with Gasteiger partial charge in [0.25, 0.3) is 0 Å². The minimum atomic E-state index is 0.247. The van der Waals surface area contributed by atoms with Gasteiger partial charge in [0.15, 0.2) is 0 Å². The third kappa shape index (κ3) is 4.20. The van der Waals surface area contributed by atoms with Gasteiger partial charge in [-0.15, -0.1) is 0 Å². The van der Waals surface area contributed by atoms with Crippen LogP contribution in [0.4, 0.5) is 0 Å². The molecule has 3 heteroatoms. The molecule has 1 aliphatic rings. The smallest absolute Gasteiger partial charge is 0.0918 e. The Morgan fingerprint density at radius 3 is 2.39 bits per heavy atom. The quantitative estimate of drug-likeness (QED) is 0.458. The van der Waals surface area contributed by atoms with Gasteiger partial charge >= 0.3 is 0 Å². The second-order valence-corrected chi connectivity index (χ2v) is 7.01. The highest BCUT2D eigenvalue weighted by Gasteiger charge is 2.22. The van der Waals surface area contributed by atoms with Crippen molar-refractivity contribution in [3.63, 3.8) is 0 Å². The molecule has 0 aliphatic heterocycles. The van der Waals surface area contributed by atoms with Crippen LogP contribution in [0.25, 0.3) is 0 Å². The van der Waals surface area contributed by atoms with E-state index in [-0.39, 0.29) is 6.10 Å². The van der Waals surface area contributed by atoms with Gasteiger partial charge in [0, 0.05) is 8.90 Å². The molecule has 0 heterocycles. The predicted octanol–water partition coefficient (Wildman–Crippen LogP) is 5.52. The Bertz CT molecular complexity index is 357. The van der Waals surface area contributed by atoms with Crippen LogP contribution in [-0.2, 0) is 4.74 Å². The third-order valence-electron chi connectivity index (χ3n) is 3.70. The Labute approximate surface area is 132 Å². The van der Waals surface area contributed by atoms with Crippen LogP contribution in [-0.4, -0.2) is 10.5 Å². The zero-order valence-electron chi connectivity index (χ0n) is 10.7. The molecule has 0 spiro atoms. The largest absolute Gasteiger partial charge is 0.369 e. The van der Waals surface area contributed by atoms with Crippen LogP contribution in [0, 0.1) is 5.92 Å². The first-order valence-corrected chi connectivity index (χ1v) is 8.97. The molecule has 18 heavy (non-hydrogen) atoms. The zero-order valence-corrected chi connectivity index (χ0v) is 14.5. The van der Waals surface area contributed by atoms with E-state index in [0.717, 1.165) is 14.8 Å². The normalized spacial score (nSPS) is 25.9. The lowest BCUT2D eigenvalue weighted by atomic mass is 9.89. The van der Waals surface area contributed by atoms with Crippen LogP contribution >= 0.6 is 38.5 Å². The van der Waals surface area contributed by atoms with Gasteiger partial charge in [-0.25, -0.2) is 0 Å². The van der Waals surface area contributed by atoms with E-state index < -0.39 is 0 Å². The first kappa shape index (κ1) is 14.8. The van der Waals surface area contributed by atoms with Gasteiger partial charge in [-0.3, -0.25) is 0 Å². The van der Waals surface area contributed by atoms with E-state index in [0.29, 0.717) is 6.10 Å². The molecule has 1 fully saturated rings. The molecule has 1 aliphatic carbocycles. The summed E-state index contributed by atoms with van der Waals surface area (Å²) in [6.45, 7) is 2.35. The molecular formula is C15H20BrIO. The van der Waals surface area contributed by atoms with Crippen molar-refractivity contribution in [2.45, 2.75) is 44.8 Å². The maximum atomic E-state index is 6.29. The molecule has 1 unspecified atom stereocenters. The van der Waals surface area contributed by atoms with Crippen LogP contribution in [0.15, 0.2) is 28.7 Å². The Hall–Kier alpha value is 0.390. The summed E-state index contributed by atoms with van der Waals surface area (Å²) in [5, 5.41) is 0. The standard InChI is InChI=1S/C15H20BrIO/c1-11-2-8-14(9-3-11)18-15(10-17)12-4-6-13(16)7-5-12/h4-7,11,14-15H,2-3,8-10H2,1H3. The van der Waals surface area contributed by atoms with Crippen molar-refractivity contribution >= 4 is 38.5 Å². The highest BCUT2D eigenvalue weighted by atomic mass is 127. The molecule has 0 amide bonds. The van der Waals surface area contributed by atoms with Gasteiger partial charge in [-0.1, -0.05) is 57.6 Å². The number of ether oxygens (including phenoxy) is 1. The minimum absolute atomic E-state index is 0.247. The number of benzene rings is 1. The van der Waals surface area contributed by atoms with Gasteiger partial charge in [0.2, 0.25) is 0 Å². The van der Waals surface area contributed by atoms with E-state index in [1.165, 1.54) is 31.2 Å². The van der Waals surface area contributed by atoms with Crippen molar-refractivity contribution in [3.05, 3.63) is 34.3 Å². The van der Waals surface area contributed by atoms with Gasteiger partial charge in [0.05, 0.1) is 12.2 Å². The third-order valence-corrected chi connectivity index (χ3v) is 5.03. The maximum Gasteiger partial charge on any atom is 0.0918 e. The van der Waals surface area contributed by atoms with E-state index in [4.69, 9.17) is 4.74 Å². The fourth-order valence-electron chi connectivity index (χ4n) is 2.48. The summed E-state index contributed by atoms with van der Waals surface area (Å²) in [5.74, 6) is 0.885. The summed E-state index contributed by atoms with van der Waals surface area (Å²) in [6.07, 6.45) is 5.80. The second kappa shape index (κ2) is 7.25. The molecule has 100 valence electrons. The first-order valence-electron chi connectivity index (χ1n) is 6.66. The molecule has 1 atom stereocenters. The van der Waals surface area contributed by atoms with Crippen molar-refractivity contribution in [2.75, 3.05) is 4.43 Å². The lowest BCUT2D eigenvalue weighted by Crippen LogP contribution is -2.23. The van der Waals surface area contributed by atoms with E-state index in [1.807, 2.05) is 0 Å². The van der Waals surface area contributed by atoms with Crippen LogP contribution < -0.4 is 0 Å². The van der Waals surface area contributed by atoms with Gasteiger partial charge in [-0.2, -0.15) is 0 Å². The molecule has 1 aromatic rings. The van der Waals surface area contributed by atoms with Crippen molar-refractivity contribution in [2.24, 2.45) is 5.92 Å². The van der Waals surface area contributed by atoms with Gasteiger partial charge in [0.1, 0.15) is 0 Å². The van der Waals surface area contributed by atoms with Gasteiger partial charge in [-0.05, 0) is 49.3 Å². The second-order valence-electron chi connectivity index (χ2n) is 5.21. The number of hydrogen-bond acceptors (Lipinski definition) is 1. The fraction of sp³-hybridized carbons (Fsp3) is 0.600. The Morgan fingerprint density at radius 1 is 1.22 bits per heavy atom. The molecule has 1 saturated carbocycles. The van der Waals surface area contributed by atoms with E-state index >= 15 is 0 Å². The van der Waals surface area contributed by atoms with E-state index in [1.54, 1.807) is 0 Å². The first-order chi connectivity index (χ1) is 8.69. The summed E-state index contributed by atoms with van der Waals surface area (Å²) in [7, 11) is 0. The Morgan fingerprint density at radius 2 is 1.83 bits per heavy atom. The van der Waals surface area contributed by atoms with E-state index in [9.17, 15) is 0 Å². The lowest BCUT2D eigenvalue weighted by Gasteiger charge is -2.29. The molecule has 0 aromatic heterocycles. The van der Waals surface area contributed by atoms with Crippen molar-refractivity contribution < 1.29 is 4.74 Å². The molecule has 1 aromatic carbocycles. The Balaban J connectivity index is 1.94. The lowest BCUT2D eigenvalue weighted by molar-refractivity contribution is -0.0248. The summed E-state index contributed by atoms with van der Waals surface area (Å²) >= 11 is 5.90. The highest BCUT2D eigenvalue weighted by molar-refractivity contribution is 14.1. The van der Waals surface area contributed by atoms with Crippen molar-refractivity contribution in [1.29, 1.82) is 0 Å². The zero-order chi connectivity index (χ0) is 13.0. The average Bonchev–Trinajstić information content (AvgIpc) is 2.39. The van der Waals surface area contributed by atoms with E-state index in [2.05, 4.69) is 69.7 Å². The summed E-state index contributed by atoms with van der Waals surface area (Å²) < 4.78 is 8.44. The molecule has 1 nitrogen and oxygen atoms in total. The number of alkyl halides is 1. The average molecular weight is 423 g/mol. The SMILES string of the molecule is CC1CCC(OC(CI)c2ccc(Br)cc2)CC1. The number of rotatable bonds is 4. The van der Waals surface area contributed by atoms with Crippen LogP contribution in [0.5, 0.6) is 0 Å². The molecule has 0 radical (unpaired) electrons. The monoisotopic (exact) mass is 422 g/mol. The summed E-state index contributed by atoms with van der Waals surface area (Å²) in [6, 6.07) is 8.53. The Kier molecular flexibility index (Phi) is 5.96. The topological polar surface area (TPSA) is 9.23 Å². The molecule has 0 N–H and O–H groups in total. The summed E-state index contributed by atoms with van der Waals surface area (Å²) in [4.78, 5) is 0. The van der Waals surface area contributed by atoms with Crippen molar-refractivity contribution in [1.82, 2.24) is 0 Å². The summed E-state index contributed by atoms with van der Waals surface area (Å²) in [5.41, 5.74) is 1.30. The molecule has 2 rings (SSSR count). The molecule has 0 saturated heterocycles. The van der Waals surface area contributed by atoms with Crippen LogP contribution in [0.2, 0.25) is 0 Å². The van der Waals surface area contributed by atoms with Crippen LogP contribution in [0.1, 0.15) is 44.3 Å². The fourth-order valence-corrected chi connectivity index (χ4v) is 3.46. The molecular weight excluding hydrogens is 403 g/mol. The predicted molar refractivity (Wildman–Crippen MR) is 88.3 cm³/mol. The van der Waals surface area contributed by atoms with Crippen LogP contribution in [0.3, 0.4) is 0 Å². The van der Waals surface area contributed by atoms with Crippen molar-refractivity contribution in [3.8, 4) is 0 Å². The van der Waals surface area contributed by atoms with Gasteiger partial charge < -0.3 is 4.74 Å². The maximum absolute atomic E-state index is 6.29. The minimum Gasteiger partial charge on any atom is -0.369 e. The molecule has 0 bridgehead atoms. The number of halogens is 2. The number of hydrogen-bond donors (Lipinski definition) is 0. The highest BCUT2D eigenvalue weighted by Crippen LogP contribution is 2.31.